The molecule has 1 aliphatic heterocycles. The van der Waals surface area contributed by atoms with E-state index < -0.39 is 5.60 Å². The summed E-state index contributed by atoms with van der Waals surface area (Å²) in [5, 5.41) is 16.0. The van der Waals surface area contributed by atoms with Crippen LogP contribution in [0.4, 0.5) is 0 Å². The summed E-state index contributed by atoms with van der Waals surface area (Å²) in [4.78, 5) is 0. The topological polar surface area (TPSA) is 32.3 Å². The number of hydrogen-bond acceptors (Lipinski definition) is 2. The van der Waals surface area contributed by atoms with E-state index in [1.54, 1.807) is 0 Å². The first-order chi connectivity index (χ1) is 13.6. The van der Waals surface area contributed by atoms with Gasteiger partial charge in [0.05, 0.1) is 5.60 Å². The fourth-order valence-electron chi connectivity index (χ4n) is 4.81. The maximum Gasteiger partial charge on any atom is 0.0774 e. The molecule has 3 aromatic carbocycles. The molecule has 0 saturated carbocycles. The molecule has 0 amide bonds. The zero-order valence-electron chi connectivity index (χ0n) is 16.6. The van der Waals surface area contributed by atoms with Crippen molar-refractivity contribution in [1.29, 1.82) is 0 Å². The van der Waals surface area contributed by atoms with E-state index in [0.717, 1.165) is 0 Å². The fourth-order valence-corrected chi connectivity index (χ4v) is 4.81. The molecule has 3 aromatic rings. The van der Waals surface area contributed by atoms with Crippen LogP contribution in [0.5, 0.6) is 0 Å². The summed E-state index contributed by atoms with van der Waals surface area (Å²) in [6.07, 6.45) is 0.657. The molecule has 1 heterocycles. The van der Waals surface area contributed by atoms with Crippen molar-refractivity contribution in [3.8, 4) is 0 Å². The van der Waals surface area contributed by atoms with Crippen molar-refractivity contribution in [1.82, 2.24) is 5.32 Å². The average Bonchev–Trinajstić information content (AvgIpc) is 2.75. The molecule has 1 saturated heterocycles. The molecule has 0 radical (unpaired) electrons. The zero-order valence-corrected chi connectivity index (χ0v) is 16.6. The van der Waals surface area contributed by atoms with Gasteiger partial charge in [-0.15, -0.1) is 0 Å². The molecule has 28 heavy (non-hydrogen) atoms. The summed E-state index contributed by atoms with van der Waals surface area (Å²) < 4.78 is 0. The van der Waals surface area contributed by atoms with Crippen LogP contribution in [0.1, 0.15) is 42.6 Å². The molecule has 0 aromatic heterocycles. The number of rotatable bonds is 4. The van der Waals surface area contributed by atoms with Crippen molar-refractivity contribution >= 4 is 0 Å². The van der Waals surface area contributed by atoms with Gasteiger partial charge in [-0.1, -0.05) is 105 Å². The monoisotopic (exact) mass is 371 g/mol. The lowest BCUT2D eigenvalue weighted by Crippen LogP contribution is -2.58. The Morgan fingerprint density at radius 3 is 1.50 bits per heavy atom. The molecule has 0 aliphatic carbocycles. The first kappa shape index (κ1) is 18.9. The SMILES string of the molecule is C[C@@H]1[C@H](c2ccccc2)N[C@@H](c2ccccc2)[C@H](C)C1(O)Cc1ccccc1. The highest BCUT2D eigenvalue weighted by atomic mass is 16.3. The first-order valence-corrected chi connectivity index (χ1v) is 10.2. The first-order valence-electron chi connectivity index (χ1n) is 10.2. The minimum atomic E-state index is -0.812. The number of piperidine rings is 1. The van der Waals surface area contributed by atoms with Crippen LogP contribution in [0.15, 0.2) is 91.0 Å². The summed E-state index contributed by atoms with van der Waals surface area (Å²) in [6.45, 7) is 4.37. The predicted octanol–water partition coefficient (Wildman–Crippen LogP) is 5.32. The molecule has 5 atom stereocenters. The molecule has 2 N–H and O–H groups in total. The second-order valence-electron chi connectivity index (χ2n) is 8.17. The second-order valence-corrected chi connectivity index (χ2v) is 8.17. The highest BCUT2D eigenvalue weighted by Gasteiger charge is 2.51. The van der Waals surface area contributed by atoms with Crippen LogP contribution in [-0.2, 0) is 6.42 Å². The van der Waals surface area contributed by atoms with Gasteiger partial charge >= 0.3 is 0 Å². The van der Waals surface area contributed by atoms with Gasteiger partial charge in [-0.3, -0.25) is 0 Å². The average molecular weight is 372 g/mol. The molecule has 144 valence electrons. The summed E-state index contributed by atoms with van der Waals surface area (Å²) in [5.74, 6) is 0.148. The van der Waals surface area contributed by atoms with Crippen LogP contribution < -0.4 is 5.32 Å². The Hall–Kier alpha value is -2.42. The van der Waals surface area contributed by atoms with Gasteiger partial charge in [0.25, 0.3) is 0 Å². The van der Waals surface area contributed by atoms with Crippen LogP contribution in [0, 0.1) is 11.8 Å². The van der Waals surface area contributed by atoms with E-state index in [2.05, 4.69) is 92.0 Å². The van der Waals surface area contributed by atoms with E-state index in [4.69, 9.17) is 0 Å². The van der Waals surface area contributed by atoms with E-state index in [9.17, 15) is 5.11 Å². The Bertz CT molecular complexity index is 827. The van der Waals surface area contributed by atoms with Gasteiger partial charge in [0.2, 0.25) is 0 Å². The predicted molar refractivity (Wildman–Crippen MR) is 115 cm³/mol. The maximum absolute atomic E-state index is 12.1. The summed E-state index contributed by atoms with van der Waals surface area (Å²) in [6, 6.07) is 31.6. The summed E-state index contributed by atoms with van der Waals surface area (Å²) in [7, 11) is 0. The maximum atomic E-state index is 12.1. The molecule has 0 bridgehead atoms. The molecule has 0 spiro atoms. The number of hydrogen-bond donors (Lipinski definition) is 2. The third-order valence-electron chi connectivity index (χ3n) is 6.58. The van der Waals surface area contributed by atoms with Crippen LogP contribution >= 0.6 is 0 Å². The number of nitrogens with one attached hydrogen (secondary N) is 1. The Balaban J connectivity index is 1.76. The third kappa shape index (κ3) is 3.50. The van der Waals surface area contributed by atoms with Crippen LogP contribution in [0.25, 0.3) is 0 Å². The van der Waals surface area contributed by atoms with Gasteiger partial charge in [0.1, 0.15) is 0 Å². The normalized spacial score (nSPS) is 30.1. The zero-order chi connectivity index (χ0) is 19.6. The van der Waals surface area contributed by atoms with Gasteiger partial charge in [0.15, 0.2) is 0 Å². The smallest absolute Gasteiger partial charge is 0.0774 e. The Morgan fingerprint density at radius 1 is 0.679 bits per heavy atom. The molecular formula is C26H29NO. The van der Waals surface area contributed by atoms with E-state index in [0.29, 0.717) is 6.42 Å². The quantitative estimate of drug-likeness (QED) is 0.651. The standard InChI is InChI=1S/C26H29NO/c1-19-24(22-14-8-4-9-15-22)27-25(23-16-10-5-11-17-23)20(2)26(19,28)18-21-12-6-3-7-13-21/h3-17,19-20,24-25,27-28H,18H2,1-2H3/t19-,20+,24-,25-,26?/m1/s1. The second kappa shape index (κ2) is 7.90. The van der Waals surface area contributed by atoms with Crippen molar-refractivity contribution in [2.75, 3.05) is 0 Å². The molecule has 1 fully saturated rings. The minimum absolute atomic E-state index is 0.0741. The molecule has 4 rings (SSSR count). The summed E-state index contributed by atoms with van der Waals surface area (Å²) in [5.41, 5.74) is 2.83. The summed E-state index contributed by atoms with van der Waals surface area (Å²) >= 11 is 0. The van der Waals surface area contributed by atoms with Gasteiger partial charge in [-0.2, -0.15) is 0 Å². The van der Waals surface area contributed by atoms with Gasteiger partial charge in [-0.05, 0) is 16.7 Å². The lowest BCUT2D eigenvalue weighted by atomic mass is 9.64. The fraction of sp³-hybridized carbons (Fsp3) is 0.308. The Morgan fingerprint density at radius 2 is 1.07 bits per heavy atom. The van der Waals surface area contributed by atoms with E-state index in [-0.39, 0.29) is 23.9 Å². The van der Waals surface area contributed by atoms with Crippen LogP contribution in [-0.4, -0.2) is 10.7 Å². The Kier molecular flexibility index (Phi) is 5.34. The molecule has 2 nitrogen and oxygen atoms in total. The van der Waals surface area contributed by atoms with E-state index in [1.165, 1.54) is 16.7 Å². The molecule has 1 aliphatic rings. The van der Waals surface area contributed by atoms with Crippen LogP contribution in [0.3, 0.4) is 0 Å². The van der Waals surface area contributed by atoms with Crippen LogP contribution in [0.2, 0.25) is 0 Å². The highest BCUT2D eigenvalue weighted by molar-refractivity contribution is 5.29. The van der Waals surface area contributed by atoms with Crippen molar-refractivity contribution in [2.45, 2.75) is 38.0 Å². The van der Waals surface area contributed by atoms with Gasteiger partial charge < -0.3 is 10.4 Å². The molecular weight excluding hydrogens is 342 g/mol. The van der Waals surface area contributed by atoms with Crippen molar-refractivity contribution in [3.63, 3.8) is 0 Å². The van der Waals surface area contributed by atoms with Crippen molar-refractivity contribution in [3.05, 3.63) is 108 Å². The third-order valence-corrected chi connectivity index (χ3v) is 6.58. The van der Waals surface area contributed by atoms with Crippen molar-refractivity contribution < 1.29 is 5.11 Å². The van der Waals surface area contributed by atoms with E-state index >= 15 is 0 Å². The number of aliphatic hydroxyl groups is 1. The highest BCUT2D eigenvalue weighted by Crippen LogP contribution is 2.48. The minimum Gasteiger partial charge on any atom is -0.389 e. The number of benzene rings is 3. The lowest BCUT2D eigenvalue weighted by molar-refractivity contribution is -0.110. The largest absolute Gasteiger partial charge is 0.389 e. The van der Waals surface area contributed by atoms with E-state index in [1.807, 2.05) is 18.2 Å². The van der Waals surface area contributed by atoms with Gasteiger partial charge in [0, 0.05) is 30.3 Å². The molecule has 2 heteroatoms. The van der Waals surface area contributed by atoms with Gasteiger partial charge in [-0.25, -0.2) is 0 Å². The molecule has 1 unspecified atom stereocenters. The Labute approximate surface area is 168 Å². The lowest BCUT2D eigenvalue weighted by Gasteiger charge is -2.52. The van der Waals surface area contributed by atoms with Crippen molar-refractivity contribution in [2.24, 2.45) is 11.8 Å².